The van der Waals surface area contributed by atoms with E-state index in [1.54, 1.807) is 0 Å². The molecule has 0 saturated carbocycles. The minimum absolute atomic E-state index is 0.135. The average Bonchev–Trinajstić information content (AvgIpc) is 1.59. The fourth-order valence-corrected chi connectivity index (χ4v) is 1.79. The molecule has 8 heavy (non-hydrogen) atoms. The predicted molar refractivity (Wildman–Crippen MR) is 38.7 cm³/mol. The van der Waals surface area contributed by atoms with Crippen LogP contribution < -0.4 is 0 Å². The van der Waals surface area contributed by atoms with Crippen molar-refractivity contribution in [2.45, 2.75) is 32.1 Å². The van der Waals surface area contributed by atoms with Crippen molar-refractivity contribution in [3.05, 3.63) is 0 Å². The van der Waals surface area contributed by atoms with Crippen molar-refractivity contribution in [3.8, 4) is 0 Å². The average molecular weight is 134 g/mol. The molecule has 0 fully saturated rings. The van der Waals surface area contributed by atoms with Crippen LogP contribution in [0.3, 0.4) is 0 Å². The van der Waals surface area contributed by atoms with Crippen LogP contribution in [0.4, 0.5) is 4.39 Å². The zero-order valence-corrected chi connectivity index (χ0v) is 7.00. The lowest BCUT2D eigenvalue weighted by molar-refractivity contribution is 0.485. The van der Waals surface area contributed by atoms with Crippen LogP contribution in [-0.4, -0.2) is 14.7 Å². The quantitative estimate of drug-likeness (QED) is 0.521. The molecule has 0 saturated heterocycles. The second-order valence-corrected chi connectivity index (χ2v) is 8.97. The molecule has 0 rings (SSSR count). The molecular formula is C6H15FSi. The third-order valence-corrected chi connectivity index (χ3v) is 2.91. The molecule has 0 nitrogen and oxygen atoms in total. The lowest BCUT2D eigenvalue weighted by Gasteiger charge is -2.12. The fourth-order valence-electron chi connectivity index (χ4n) is 0.597. The van der Waals surface area contributed by atoms with E-state index in [1.165, 1.54) is 0 Å². The summed E-state index contributed by atoms with van der Waals surface area (Å²) in [6.07, 6.45) is 0.774. The lowest BCUT2D eigenvalue weighted by Crippen LogP contribution is -2.18. The van der Waals surface area contributed by atoms with Crippen molar-refractivity contribution >= 4 is 8.07 Å². The van der Waals surface area contributed by atoms with Gasteiger partial charge in [-0.25, -0.2) is 0 Å². The molecule has 0 aromatic rings. The third-order valence-electron chi connectivity index (χ3n) is 1.06. The van der Waals surface area contributed by atoms with Gasteiger partial charge in [-0.1, -0.05) is 25.7 Å². The lowest BCUT2D eigenvalue weighted by atomic mass is 10.6. The van der Waals surface area contributed by atoms with E-state index in [-0.39, 0.29) is 6.67 Å². The highest BCUT2D eigenvalue weighted by Crippen LogP contribution is 2.10. The Labute approximate surface area is 52.1 Å². The van der Waals surface area contributed by atoms with Crippen LogP contribution >= 0.6 is 0 Å². The number of hydrogen-bond acceptors (Lipinski definition) is 0. The molecule has 0 aliphatic carbocycles. The molecule has 0 atom stereocenters. The van der Waals surface area contributed by atoms with Crippen molar-refractivity contribution in [1.29, 1.82) is 0 Å². The van der Waals surface area contributed by atoms with Crippen LogP contribution in [0.25, 0.3) is 0 Å². The topological polar surface area (TPSA) is 0 Å². The highest BCUT2D eigenvalue weighted by molar-refractivity contribution is 6.76. The van der Waals surface area contributed by atoms with Gasteiger partial charge in [0, 0.05) is 8.07 Å². The Kier molecular flexibility index (Phi) is 3.29. The van der Waals surface area contributed by atoms with Crippen LogP contribution in [0, 0.1) is 0 Å². The number of hydrogen-bond donors (Lipinski definition) is 0. The first-order chi connectivity index (χ1) is 3.56. The maximum absolute atomic E-state index is 11.5. The molecule has 0 radical (unpaired) electrons. The van der Waals surface area contributed by atoms with E-state index in [0.717, 1.165) is 12.5 Å². The zero-order chi connectivity index (χ0) is 6.62. The maximum Gasteiger partial charge on any atom is 0.0891 e. The molecule has 0 aliphatic rings. The summed E-state index contributed by atoms with van der Waals surface area (Å²) in [4.78, 5) is 0. The molecule has 0 amide bonds. The minimum atomic E-state index is -0.918. The van der Waals surface area contributed by atoms with Gasteiger partial charge in [0.05, 0.1) is 6.67 Å². The largest absolute Gasteiger partial charge is 0.251 e. The van der Waals surface area contributed by atoms with Crippen LogP contribution in [0.1, 0.15) is 6.42 Å². The molecule has 0 N–H and O–H groups in total. The summed E-state index contributed by atoms with van der Waals surface area (Å²) in [7, 11) is -0.918. The van der Waals surface area contributed by atoms with Crippen LogP contribution in [0.2, 0.25) is 25.7 Å². The Balaban J connectivity index is 3.11. The van der Waals surface area contributed by atoms with Gasteiger partial charge in [-0.3, -0.25) is 4.39 Å². The van der Waals surface area contributed by atoms with Crippen LogP contribution in [-0.2, 0) is 0 Å². The minimum Gasteiger partial charge on any atom is -0.251 e. The SMILES string of the molecule is C[Si](C)(C)CCCF. The predicted octanol–water partition coefficient (Wildman–Crippen LogP) is 2.68. The van der Waals surface area contributed by atoms with Gasteiger partial charge in [0.1, 0.15) is 0 Å². The van der Waals surface area contributed by atoms with Gasteiger partial charge in [0.25, 0.3) is 0 Å². The Hall–Kier alpha value is 0.147. The van der Waals surface area contributed by atoms with E-state index in [1.807, 2.05) is 0 Å². The molecule has 0 spiro atoms. The van der Waals surface area contributed by atoms with Gasteiger partial charge in [-0.2, -0.15) is 0 Å². The van der Waals surface area contributed by atoms with Gasteiger partial charge in [0.2, 0.25) is 0 Å². The molecule has 0 aromatic heterocycles. The van der Waals surface area contributed by atoms with Gasteiger partial charge in [-0.15, -0.1) is 0 Å². The van der Waals surface area contributed by atoms with E-state index in [4.69, 9.17) is 0 Å². The Morgan fingerprint density at radius 3 is 1.88 bits per heavy atom. The standard InChI is InChI=1S/C6H15FSi/c1-8(2,3)6-4-5-7/h4-6H2,1-3H3. The van der Waals surface area contributed by atoms with Gasteiger partial charge in [-0.05, 0) is 6.42 Å². The molecule has 0 aliphatic heterocycles. The summed E-state index contributed by atoms with van der Waals surface area (Å²) in [5.74, 6) is 0. The number of rotatable bonds is 3. The van der Waals surface area contributed by atoms with Crippen molar-refractivity contribution in [2.24, 2.45) is 0 Å². The second-order valence-electron chi connectivity index (χ2n) is 3.35. The van der Waals surface area contributed by atoms with Gasteiger partial charge in [0.15, 0.2) is 0 Å². The number of alkyl halides is 1. The summed E-state index contributed by atoms with van der Waals surface area (Å²) in [5.41, 5.74) is 0. The highest BCUT2D eigenvalue weighted by atomic mass is 28.3. The first-order valence-corrected chi connectivity index (χ1v) is 6.83. The first kappa shape index (κ1) is 8.15. The van der Waals surface area contributed by atoms with E-state index in [0.29, 0.717) is 0 Å². The normalized spacial score (nSPS) is 12.0. The summed E-state index contributed by atoms with van der Waals surface area (Å²) in [5, 5.41) is 0. The third kappa shape index (κ3) is 6.15. The maximum atomic E-state index is 11.5. The van der Waals surface area contributed by atoms with Crippen LogP contribution in [0.5, 0.6) is 0 Å². The summed E-state index contributed by atoms with van der Waals surface area (Å²) >= 11 is 0. The van der Waals surface area contributed by atoms with Gasteiger partial charge >= 0.3 is 0 Å². The summed E-state index contributed by atoms with van der Waals surface area (Å²) in [6, 6.07) is 1.13. The molecule has 2 heteroatoms. The molecule has 0 aromatic carbocycles. The molecular weight excluding hydrogens is 119 g/mol. The zero-order valence-electron chi connectivity index (χ0n) is 6.00. The molecule has 50 valence electrons. The first-order valence-electron chi connectivity index (χ1n) is 3.12. The summed E-state index contributed by atoms with van der Waals surface area (Å²) in [6.45, 7) is 6.66. The van der Waals surface area contributed by atoms with Crippen molar-refractivity contribution in [1.82, 2.24) is 0 Å². The number of halogens is 1. The second kappa shape index (κ2) is 3.23. The van der Waals surface area contributed by atoms with Crippen molar-refractivity contribution in [2.75, 3.05) is 6.67 Å². The highest BCUT2D eigenvalue weighted by Gasteiger charge is 2.10. The van der Waals surface area contributed by atoms with E-state index in [2.05, 4.69) is 19.6 Å². The Morgan fingerprint density at radius 1 is 1.25 bits per heavy atom. The molecule has 0 heterocycles. The molecule has 0 bridgehead atoms. The molecule has 0 unspecified atom stereocenters. The van der Waals surface area contributed by atoms with Crippen molar-refractivity contribution < 1.29 is 4.39 Å². The fraction of sp³-hybridized carbons (Fsp3) is 1.00. The monoisotopic (exact) mass is 134 g/mol. The summed E-state index contributed by atoms with van der Waals surface area (Å²) < 4.78 is 11.5. The van der Waals surface area contributed by atoms with E-state index in [9.17, 15) is 4.39 Å². The van der Waals surface area contributed by atoms with E-state index >= 15 is 0 Å². The van der Waals surface area contributed by atoms with E-state index < -0.39 is 8.07 Å². The van der Waals surface area contributed by atoms with Gasteiger partial charge < -0.3 is 0 Å². The Bertz CT molecular complexity index is 56.0. The van der Waals surface area contributed by atoms with Crippen molar-refractivity contribution in [3.63, 3.8) is 0 Å². The smallest absolute Gasteiger partial charge is 0.0891 e. The van der Waals surface area contributed by atoms with Crippen LogP contribution in [0.15, 0.2) is 0 Å². The Morgan fingerprint density at radius 2 is 1.75 bits per heavy atom.